The van der Waals surface area contributed by atoms with Gasteiger partial charge in [-0.25, -0.2) is 0 Å². The second-order valence-electron chi connectivity index (χ2n) is 5.48. The number of hydrogen-bond acceptors (Lipinski definition) is 2. The summed E-state index contributed by atoms with van der Waals surface area (Å²) >= 11 is 5.82. The lowest BCUT2D eigenvalue weighted by molar-refractivity contribution is -0.137. The van der Waals surface area contributed by atoms with E-state index in [0.717, 1.165) is 12.1 Å². The Kier molecular flexibility index (Phi) is 6.26. The van der Waals surface area contributed by atoms with E-state index in [4.69, 9.17) is 11.6 Å². The normalized spacial score (nSPS) is 11.1. The summed E-state index contributed by atoms with van der Waals surface area (Å²) in [5, 5.41) is 3.02. The molecular weight excluding hydrogens is 369 g/mol. The van der Waals surface area contributed by atoms with Crippen LogP contribution in [0.15, 0.2) is 48.5 Å². The lowest BCUT2D eigenvalue weighted by Gasteiger charge is -2.22. The third-order valence-corrected chi connectivity index (χ3v) is 3.81. The van der Waals surface area contributed by atoms with Crippen molar-refractivity contribution >= 4 is 29.1 Å². The Morgan fingerprint density at radius 3 is 2.42 bits per heavy atom. The quantitative estimate of drug-likeness (QED) is 0.842. The predicted molar refractivity (Wildman–Crippen MR) is 93.3 cm³/mol. The molecular formula is C18H16ClF3N2O2. The highest BCUT2D eigenvalue weighted by molar-refractivity contribution is 6.30. The van der Waals surface area contributed by atoms with E-state index in [-0.39, 0.29) is 24.7 Å². The Bertz CT molecular complexity index is 809. The van der Waals surface area contributed by atoms with E-state index in [9.17, 15) is 22.8 Å². The number of hydrogen-bond donors (Lipinski definition) is 1. The minimum atomic E-state index is -4.50. The van der Waals surface area contributed by atoms with Crippen LogP contribution in [0.2, 0.25) is 5.02 Å². The number of anilines is 1. The van der Waals surface area contributed by atoms with E-state index >= 15 is 0 Å². The fourth-order valence-electron chi connectivity index (χ4n) is 2.33. The van der Waals surface area contributed by atoms with Crippen molar-refractivity contribution in [2.24, 2.45) is 0 Å². The predicted octanol–water partition coefficient (Wildman–Crippen LogP) is 4.14. The molecule has 0 aliphatic heterocycles. The van der Waals surface area contributed by atoms with Gasteiger partial charge in [0.05, 0.1) is 5.56 Å². The molecule has 2 amide bonds. The van der Waals surface area contributed by atoms with Gasteiger partial charge in [-0.2, -0.15) is 13.2 Å². The first-order valence-corrected chi connectivity index (χ1v) is 8.05. The number of carbonyl (C=O) groups is 2. The zero-order valence-electron chi connectivity index (χ0n) is 13.8. The molecule has 0 radical (unpaired) electrons. The molecule has 0 saturated heterocycles. The Morgan fingerprint density at radius 2 is 1.81 bits per heavy atom. The van der Waals surface area contributed by atoms with Crippen LogP contribution in [0.5, 0.6) is 0 Å². The third-order valence-electron chi connectivity index (χ3n) is 3.57. The number of carbonyl (C=O) groups excluding carboxylic acids is 2. The summed E-state index contributed by atoms with van der Waals surface area (Å²) in [5.74, 6) is -0.818. The minimum absolute atomic E-state index is 0.0307. The average Bonchev–Trinajstić information content (AvgIpc) is 2.57. The summed E-state index contributed by atoms with van der Waals surface area (Å²) < 4.78 is 38.5. The number of halogens is 4. The third kappa shape index (κ3) is 5.23. The Hall–Kier alpha value is -2.54. The van der Waals surface area contributed by atoms with Gasteiger partial charge in [-0.15, -0.1) is 0 Å². The molecule has 2 rings (SSSR count). The fourth-order valence-corrected chi connectivity index (χ4v) is 2.52. The Labute approximate surface area is 153 Å². The smallest absolute Gasteiger partial charge is 0.350 e. The van der Waals surface area contributed by atoms with Gasteiger partial charge in [0, 0.05) is 36.3 Å². The van der Waals surface area contributed by atoms with Crippen LogP contribution < -0.4 is 10.2 Å². The monoisotopic (exact) mass is 384 g/mol. The zero-order chi connectivity index (χ0) is 19.3. The highest BCUT2D eigenvalue weighted by Crippen LogP contribution is 2.31. The topological polar surface area (TPSA) is 49.4 Å². The Balaban J connectivity index is 2.05. The Morgan fingerprint density at radius 1 is 1.12 bits per heavy atom. The molecule has 0 aliphatic carbocycles. The van der Waals surface area contributed by atoms with Crippen LogP contribution in [0, 0.1) is 0 Å². The van der Waals surface area contributed by atoms with E-state index in [1.54, 1.807) is 18.2 Å². The van der Waals surface area contributed by atoms with Crippen molar-refractivity contribution in [1.82, 2.24) is 5.32 Å². The van der Waals surface area contributed by atoms with E-state index in [0.29, 0.717) is 10.6 Å². The van der Waals surface area contributed by atoms with Crippen molar-refractivity contribution in [1.29, 1.82) is 0 Å². The van der Waals surface area contributed by atoms with Crippen molar-refractivity contribution < 1.29 is 22.8 Å². The molecule has 138 valence electrons. The summed E-state index contributed by atoms with van der Waals surface area (Å²) in [6, 6.07) is 10.8. The molecule has 0 spiro atoms. The van der Waals surface area contributed by atoms with Crippen molar-refractivity contribution in [2.75, 3.05) is 18.0 Å². The molecule has 0 aromatic heterocycles. The molecule has 0 saturated carbocycles. The maximum atomic E-state index is 12.8. The lowest BCUT2D eigenvalue weighted by Crippen LogP contribution is -2.37. The van der Waals surface area contributed by atoms with Gasteiger partial charge in [0.25, 0.3) is 5.91 Å². The average molecular weight is 385 g/mol. The number of benzene rings is 2. The molecule has 26 heavy (non-hydrogen) atoms. The first kappa shape index (κ1) is 19.8. The molecule has 4 nitrogen and oxygen atoms in total. The SMILES string of the molecule is CC(=O)N(CCNC(=O)c1cccc(Cl)c1)c1cccc(C(F)(F)F)c1. The van der Waals surface area contributed by atoms with E-state index in [1.165, 1.54) is 30.0 Å². The molecule has 8 heteroatoms. The maximum Gasteiger partial charge on any atom is 0.416 e. The molecule has 0 atom stereocenters. The van der Waals surface area contributed by atoms with Gasteiger partial charge in [0.2, 0.25) is 5.91 Å². The van der Waals surface area contributed by atoms with Crippen LogP contribution in [0.1, 0.15) is 22.8 Å². The fraction of sp³-hybridized carbons (Fsp3) is 0.222. The number of rotatable bonds is 5. The molecule has 0 unspecified atom stereocenters. The van der Waals surface area contributed by atoms with Crippen molar-refractivity contribution in [3.63, 3.8) is 0 Å². The van der Waals surface area contributed by atoms with Crippen LogP contribution >= 0.6 is 11.6 Å². The van der Waals surface area contributed by atoms with Gasteiger partial charge >= 0.3 is 6.18 Å². The van der Waals surface area contributed by atoms with Crippen molar-refractivity contribution in [3.05, 3.63) is 64.7 Å². The maximum absolute atomic E-state index is 12.8. The number of alkyl halides is 3. The van der Waals surface area contributed by atoms with E-state index in [1.807, 2.05) is 0 Å². The van der Waals surface area contributed by atoms with Crippen molar-refractivity contribution in [2.45, 2.75) is 13.1 Å². The molecule has 0 fully saturated rings. The van der Waals surface area contributed by atoms with Gasteiger partial charge in [0.15, 0.2) is 0 Å². The zero-order valence-corrected chi connectivity index (χ0v) is 14.6. The highest BCUT2D eigenvalue weighted by atomic mass is 35.5. The van der Waals surface area contributed by atoms with Gasteiger partial charge in [-0.05, 0) is 36.4 Å². The number of amides is 2. The number of nitrogens with zero attached hydrogens (tertiary/aromatic N) is 1. The van der Waals surface area contributed by atoms with Crippen molar-refractivity contribution in [3.8, 4) is 0 Å². The largest absolute Gasteiger partial charge is 0.416 e. The van der Waals surface area contributed by atoms with Crippen LogP contribution in [-0.2, 0) is 11.0 Å². The van der Waals surface area contributed by atoms with Crippen LogP contribution in [0.4, 0.5) is 18.9 Å². The standard InChI is InChI=1S/C18H16ClF3N2O2/c1-12(25)24(16-7-3-5-14(11-16)18(20,21)22)9-8-23-17(26)13-4-2-6-15(19)10-13/h2-7,10-11H,8-9H2,1H3,(H,23,26). The summed E-state index contributed by atoms with van der Waals surface area (Å²) in [6.45, 7) is 1.35. The van der Waals surface area contributed by atoms with Crippen LogP contribution in [-0.4, -0.2) is 24.9 Å². The molecule has 1 N–H and O–H groups in total. The van der Waals surface area contributed by atoms with Gasteiger partial charge < -0.3 is 10.2 Å². The van der Waals surface area contributed by atoms with Crippen LogP contribution in [0.25, 0.3) is 0 Å². The summed E-state index contributed by atoms with van der Waals surface area (Å²) in [5.41, 5.74) is -0.375. The molecule has 2 aromatic carbocycles. The van der Waals surface area contributed by atoms with Gasteiger partial charge in [0.1, 0.15) is 0 Å². The second-order valence-corrected chi connectivity index (χ2v) is 5.92. The first-order chi connectivity index (χ1) is 12.2. The summed E-state index contributed by atoms with van der Waals surface area (Å²) in [7, 11) is 0. The number of nitrogens with one attached hydrogen (secondary N) is 1. The molecule has 0 heterocycles. The summed E-state index contributed by atoms with van der Waals surface area (Å²) in [6.07, 6.45) is -4.50. The summed E-state index contributed by atoms with van der Waals surface area (Å²) in [4.78, 5) is 25.0. The molecule has 2 aromatic rings. The van der Waals surface area contributed by atoms with Gasteiger partial charge in [-0.3, -0.25) is 9.59 Å². The van der Waals surface area contributed by atoms with Crippen LogP contribution in [0.3, 0.4) is 0 Å². The molecule has 0 bridgehead atoms. The highest BCUT2D eigenvalue weighted by Gasteiger charge is 2.31. The van der Waals surface area contributed by atoms with E-state index in [2.05, 4.69) is 5.32 Å². The lowest BCUT2D eigenvalue weighted by atomic mass is 10.1. The molecule has 0 aliphatic rings. The minimum Gasteiger partial charge on any atom is -0.350 e. The second kappa shape index (κ2) is 8.23. The first-order valence-electron chi connectivity index (χ1n) is 7.67. The van der Waals surface area contributed by atoms with E-state index < -0.39 is 17.6 Å². The van der Waals surface area contributed by atoms with Gasteiger partial charge in [-0.1, -0.05) is 23.7 Å².